The van der Waals surface area contributed by atoms with E-state index in [1.165, 1.54) is 9.69 Å². The maximum absolute atomic E-state index is 13.3. The molecule has 1 aromatic carbocycles. The van der Waals surface area contributed by atoms with Gasteiger partial charge in [0.25, 0.3) is 15.2 Å². The maximum Gasteiger partial charge on any atom is 0.273 e. The standard InChI is InChI=1S/C19H24ClN5O4S/c1-12(17(26)23-8-3-2-4-9-23)14-7-10-24(18(14)27)25-16-11-13(20)5-6-15(16)22-19(25)30(21,28)29/h5-6,11-12,14H,2-4,7-10H2,1H3,(H2,21,28,29)/t12-,14-/m1/s1. The van der Waals surface area contributed by atoms with Gasteiger partial charge in [-0.25, -0.2) is 28.2 Å². The van der Waals surface area contributed by atoms with Crippen LogP contribution in [0.1, 0.15) is 32.6 Å². The zero-order valence-corrected chi connectivity index (χ0v) is 18.2. The molecule has 2 aliphatic heterocycles. The fraction of sp³-hybridized carbons (Fsp3) is 0.526. The summed E-state index contributed by atoms with van der Waals surface area (Å²) < 4.78 is 25.5. The third-order valence-electron chi connectivity index (χ3n) is 5.94. The highest BCUT2D eigenvalue weighted by Crippen LogP contribution is 2.31. The number of primary sulfonamides is 1. The van der Waals surface area contributed by atoms with E-state index in [0.29, 0.717) is 35.6 Å². The van der Waals surface area contributed by atoms with Gasteiger partial charge in [0.2, 0.25) is 11.8 Å². The average Bonchev–Trinajstić information content (AvgIpc) is 3.27. The third-order valence-corrected chi connectivity index (χ3v) is 6.95. The minimum absolute atomic E-state index is 0.0277. The Balaban J connectivity index is 1.68. The normalized spacial score (nSPS) is 21.4. The van der Waals surface area contributed by atoms with E-state index in [1.54, 1.807) is 25.1 Å². The van der Waals surface area contributed by atoms with Gasteiger partial charge in [0, 0.05) is 30.6 Å². The highest BCUT2D eigenvalue weighted by Gasteiger charge is 2.42. The summed E-state index contributed by atoms with van der Waals surface area (Å²) in [6, 6.07) is 4.70. The van der Waals surface area contributed by atoms with E-state index in [2.05, 4.69) is 4.98 Å². The van der Waals surface area contributed by atoms with Gasteiger partial charge >= 0.3 is 0 Å². The Morgan fingerprint density at radius 2 is 1.93 bits per heavy atom. The fourth-order valence-electron chi connectivity index (χ4n) is 4.35. The van der Waals surface area contributed by atoms with Crippen LogP contribution in [0.4, 0.5) is 0 Å². The topological polar surface area (TPSA) is 119 Å². The van der Waals surface area contributed by atoms with Crippen LogP contribution in [-0.4, -0.2) is 54.4 Å². The van der Waals surface area contributed by atoms with Crippen molar-refractivity contribution in [1.29, 1.82) is 0 Å². The molecule has 3 heterocycles. The van der Waals surface area contributed by atoms with Crippen molar-refractivity contribution >= 4 is 44.5 Å². The molecular weight excluding hydrogens is 430 g/mol. The Labute approximate surface area is 179 Å². The predicted octanol–water partition coefficient (Wildman–Crippen LogP) is 1.47. The van der Waals surface area contributed by atoms with E-state index in [1.807, 2.05) is 4.90 Å². The summed E-state index contributed by atoms with van der Waals surface area (Å²) in [5.41, 5.74) is 0.729. The van der Waals surface area contributed by atoms with Gasteiger partial charge in [-0.2, -0.15) is 0 Å². The SMILES string of the molecule is C[C@@H](C(=O)N1CCCCC1)[C@H]1CCN(n2c(S(N)(=O)=O)nc3ccc(Cl)cc32)C1=O. The van der Waals surface area contributed by atoms with E-state index >= 15 is 0 Å². The number of aromatic nitrogens is 2. The molecule has 2 fully saturated rings. The van der Waals surface area contributed by atoms with Gasteiger partial charge in [-0.1, -0.05) is 18.5 Å². The molecule has 2 aromatic rings. The Kier molecular flexibility index (Phi) is 5.50. The second-order valence-corrected chi connectivity index (χ2v) is 9.81. The molecule has 30 heavy (non-hydrogen) atoms. The number of nitrogens with zero attached hydrogens (tertiary/aromatic N) is 4. The first-order valence-electron chi connectivity index (χ1n) is 10.00. The smallest absolute Gasteiger partial charge is 0.273 e. The quantitative estimate of drug-likeness (QED) is 0.751. The van der Waals surface area contributed by atoms with Crippen LogP contribution in [0.2, 0.25) is 5.02 Å². The van der Waals surface area contributed by atoms with Crippen LogP contribution in [0, 0.1) is 11.8 Å². The van der Waals surface area contributed by atoms with Crippen molar-refractivity contribution in [2.75, 3.05) is 24.6 Å². The molecule has 0 unspecified atom stereocenters. The first-order valence-corrected chi connectivity index (χ1v) is 11.9. The molecule has 2 amide bonds. The van der Waals surface area contributed by atoms with Crippen LogP contribution < -0.4 is 10.1 Å². The number of likely N-dealkylation sites (tertiary alicyclic amines) is 1. The Morgan fingerprint density at radius 3 is 2.60 bits per heavy atom. The molecule has 11 heteroatoms. The van der Waals surface area contributed by atoms with Crippen LogP contribution >= 0.6 is 11.6 Å². The number of rotatable bonds is 4. The fourth-order valence-corrected chi connectivity index (χ4v) is 5.18. The van der Waals surface area contributed by atoms with Gasteiger partial charge in [-0.15, -0.1) is 0 Å². The van der Waals surface area contributed by atoms with Gasteiger partial charge in [-0.05, 0) is 43.9 Å². The first kappa shape index (κ1) is 21.1. The number of carbonyl (C=O) groups excluding carboxylic acids is 2. The van der Waals surface area contributed by atoms with Gasteiger partial charge in [0.1, 0.15) is 0 Å². The minimum Gasteiger partial charge on any atom is -0.342 e. The lowest BCUT2D eigenvalue weighted by molar-refractivity contribution is -0.140. The Morgan fingerprint density at radius 1 is 1.23 bits per heavy atom. The molecule has 162 valence electrons. The molecular formula is C19H24ClN5O4S. The van der Waals surface area contributed by atoms with Crippen LogP contribution in [-0.2, 0) is 19.6 Å². The van der Waals surface area contributed by atoms with E-state index in [-0.39, 0.29) is 18.4 Å². The summed E-state index contributed by atoms with van der Waals surface area (Å²) in [4.78, 5) is 32.1. The number of halogens is 1. The van der Waals surface area contributed by atoms with Crippen molar-refractivity contribution in [2.24, 2.45) is 17.0 Å². The summed E-state index contributed by atoms with van der Waals surface area (Å²) in [5, 5.41) is 6.63. The maximum atomic E-state index is 13.3. The van der Waals surface area contributed by atoms with Gasteiger partial charge in [0.15, 0.2) is 0 Å². The Hall–Kier alpha value is -2.17. The molecule has 0 bridgehead atoms. The predicted molar refractivity (Wildman–Crippen MR) is 112 cm³/mol. The van der Waals surface area contributed by atoms with E-state index < -0.39 is 27.0 Å². The summed E-state index contributed by atoms with van der Waals surface area (Å²) in [5.74, 6) is -1.38. The molecule has 2 saturated heterocycles. The number of sulfonamides is 1. The third kappa shape index (κ3) is 3.67. The van der Waals surface area contributed by atoms with Gasteiger partial charge in [0.05, 0.1) is 17.0 Å². The van der Waals surface area contributed by atoms with E-state index in [0.717, 1.165) is 19.3 Å². The first-order chi connectivity index (χ1) is 14.2. The Bertz CT molecular complexity index is 1110. The number of fused-ring (bicyclic) bond motifs is 1. The molecule has 0 saturated carbocycles. The van der Waals surface area contributed by atoms with Crippen LogP contribution in [0.5, 0.6) is 0 Å². The van der Waals surface area contributed by atoms with E-state index in [9.17, 15) is 18.0 Å². The monoisotopic (exact) mass is 453 g/mol. The number of piperidine rings is 1. The summed E-state index contributed by atoms with van der Waals surface area (Å²) in [6.45, 7) is 3.45. The number of amides is 2. The van der Waals surface area contributed by atoms with E-state index in [4.69, 9.17) is 16.7 Å². The molecule has 0 aliphatic carbocycles. The number of hydrogen-bond donors (Lipinski definition) is 1. The van der Waals surface area contributed by atoms with Gasteiger partial charge in [-0.3, -0.25) is 9.59 Å². The number of imidazole rings is 1. The van der Waals surface area contributed by atoms with Crippen molar-refractivity contribution in [3.8, 4) is 0 Å². The van der Waals surface area contributed by atoms with Crippen molar-refractivity contribution in [1.82, 2.24) is 14.6 Å². The zero-order chi connectivity index (χ0) is 21.6. The lowest BCUT2D eigenvalue weighted by Crippen LogP contribution is -2.44. The van der Waals surface area contributed by atoms with Crippen molar-refractivity contribution in [3.05, 3.63) is 23.2 Å². The average molecular weight is 454 g/mol. The highest BCUT2D eigenvalue weighted by molar-refractivity contribution is 7.89. The molecule has 0 spiro atoms. The lowest BCUT2D eigenvalue weighted by Gasteiger charge is -2.31. The second-order valence-electron chi connectivity index (χ2n) is 7.92. The molecule has 4 rings (SSSR count). The summed E-state index contributed by atoms with van der Waals surface area (Å²) in [6.07, 6.45) is 3.50. The molecule has 2 aliphatic rings. The second kappa shape index (κ2) is 7.82. The van der Waals surface area contributed by atoms with Crippen molar-refractivity contribution < 1.29 is 18.0 Å². The highest BCUT2D eigenvalue weighted by atomic mass is 35.5. The number of nitrogens with two attached hydrogens (primary N) is 1. The van der Waals surface area contributed by atoms with Crippen molar-refractivity contribution in [2.45, 2.75) is 37.8 Å². The van der Waals surface area contributed by atoms with Crippen LogP contribution in [0.15, 0.2) is 23.4 Å². The largest absolute Gasteiger partial charge is 0.342 e. The molecule has 2 atom stereocenters. The summed E-state index contributed by atoms with van der Waals surface area (Å²) >= 11 is 6.09. The molecule has 0 radical (unpaired) electrons. The number of hydrogen-bond acceptors (Lipinski definition) is 5. The molecule has 2 N–H and O–H groups in total. The van der Waals surface area contributed by atoms with Crippen molar-refractivity contribution in [3.63, 3.8) is 0 Å². The number of benzene rings is 1. The van der Waals surface area contributed by atoms with Crippen LogP contribution in [0.3, 0.4) is 0 Å². The summed E-state index contributed by atoms with van der Waals surface area (Å²) in [7, 11) is -4.20. The van der Waals surface area contributed by atoms with Gasteiger partial charge < -0.3 is 4.90 Å². The lowest BCUT2D eigenvalue weighted by atomic mass is 9.91. The van der Waals surface area contributed by atoms with Crippen LogP contribution in [0.25, 0.3) is 11.0 Å². The minimum atomic E-state index is -4.20. The zero-order valence-electron chi connectivity index (χ0n) is 16.6. The molecule has 1 aromatic heterocycles. The number of carbonyl (C=O) groups is 2. The molecule has 9 nitrogen and oxygen atoms in total.